The maximum atomic E-state index is 11.8. The van der Waals surface area contributed by atoms with Gasteiger partial charge in [-0.1, -0.05) is 18.3 Å². The van der Waals surface area contributed by atoms with Gasteiger partial charge >= 0.3 is 6.03 Å². The van der Waals surface area contributed by atoms with Crippen molar-refractivity contribution in [3.05, 3.63) is 5.01 Å². The Labute approximate surface area is 129 Å². The maximum Gasteiger partial charge on any atom is 0.321 e. The van der Waals surface area contributed by atoms with Crippen LogP contribution in [0.3, 0.4) is 0 Å². The second-order valence-electron chi connectivity index (χ2n) is 5.08. The lowest BCUT2D eigenvalue weighted by molar-refractivity contribution is 0.0209. The van der Waals surface area contributed by atoms with Crippen LogP contribution in [0.2, 0.25) is 0 Å². The fraction of sp³-hybridized carbons (Fsp3) is 0.769. The molecule has 21 heavy (non-hydrogen) atoms. The third kappa shape index (κ3) is 5.22. The zero-order valence-corrected chi connectivity index (χ0v) is 13.4. The minimum atomic E-state index is -0.227. The van der Waals surface area contributed by atoms with Crippen LogP contribution in [0.5, 0.6) is 0 Å². The minimum absolute atomic E-state index is 0.227. The number of amides is 2. The predicted octanol–water partition coefficient (Wildman–Crippen LogP) is 1.33. The van der Waals surface area contributed by atoms with Crippen LogP contribution in [-0.2, 0) is 11.2 Å². The van der Waals surface area contributed by atoms with Crippen molar-refractivity contribution in [1.82, 2.24) is 20.4 Å². The van der Waals surface area contributed by atoms with Crippen molar-refractivity contribution in [3.63, 3.8) is 0 Å². The summed E-state index contributed by atoms with van der Waals surface area (Å²) < 4.78 is 5.32. The van der Waals surface area contributed by atoms with Crippen molar-refractivity contribution in [2.75, 3.05) is 38.2 Å². The number of rotatable bonds is 6. The second-order valence-corrected chi connectivity index (χ2v) is 6.15. The molecule has 1 atom stereocenters. The van der Waals surface area contributed by atoms with Crippen molar-refractivity contribution in [2.45, 2.75) is 32.7 Å². The number of carbonyl (C=O) groups is 1. The van der Waals surface area contributed by atoms with E-state index in [4.69, 9.17) is 4.74 Å². The predicted molar refractivity (Wildman–Crippen MR) is 82.8 cm³/mol. The molecule has 1 aliphatic heterocycles. The highest BCUT2D eigenvalue weighted by Crippen LogP contribution is 2.16. The lowest BCUT2D eigenvalue weighted by atomic mass is 10.2. The summed E-state index contributed by atoms with van der Waals surface area (Å²) in [6.07, 6.45) is 1.92. The Balaban J connectivity index is 1.70. The normalized spacial score (nSPS) is 17.4. The third-order valence-corrected chi connectivity index (χ3v) is 4.28. The number of carbonyl (C=O) groups excluding carboxylic acids is 1. The largest absolute Gasteiger partial charge is 0.379 e. The Hall–Kier alpha value is -1.25. The zero-order chi connectivity index (χ0) is 15.1. The molecule has 0 bridgehead atoms. The highest BCUT2D eigenvalue weighted by Gasteiger charge is 2.17. The molecule has 1 unspecified atom stereocenters. The fourth-order valence-electron chi connectivity index (χ4n) is 2.15. The van der Waals surface area contributed by atoms with E-state index in [1.54, 1.807) is 0 Å². The van der Waals surface area contributed by atoms with Crippen molar-refractivity contribution in [3.8, 4) is 0 Å². The van der Waals surface area contributed by atoms with Crippen molar-refractivity contribution in [2.24, 2.45) is 0 Å². The van der Waals surface area contributed by atoms with Gasteiger partial charge in [0.15, 0.2) is 0 Å². The standard InChI is InChI=1S/C13H23N5O2S/c1-3-4-11-16-17-13(21-11)15-12(19)14-9-10(2)18-5-7-20-8-6-18/h10H,3-9H2,1-2H3,(H2,14,15,17,19). The van der Waals surface area contributed by atoms with Crippen molar-refractivity contribution < 1.29 is 9.53 Å². The van der Waals surface area contributed by atoms with Crippen molar-refractivity contribution >= 4 is 22.5 Å². The van der Waals surface area contributed by atoms with Gasteiger partial charge in [0.2, 0.25) is 5.13 Å². The van der Waals surface area contributed by atoms with Gasteiger partial charge in [-0.2, -0.15) is 0 Å². The zero-order valence-electron chi connectivity index (χ0n) is 12.6. The van der Waals surface area contributed by atoms with Crippen LogP contribution in [-0.4, -0.2) is 60.0 Å². The Bertz CT molecular complexity index is 448. The number of anilines is 1. The van der Waals surface area contributed by atoms with Gasteiger partial charge in [-0.25, -0.2) is 4.79 Å². The third-order valence-electron chi connectivity index (χ3n) is 3.38. The summed E-state index contributed by atoms with van der Waals surface area (Å²) >= 11 is 1.43. The van der Waals surface area contributed by atoms with Crippen LogP contribution in [0.15, 0.2) is 0 Å². The van der Waals surface area contributed by atoms with Crippen LogP contribution in [0.1, 0.15) is 25.3 Å². The van der Waals surface area contributed by atoms with Crippen molar-refractivity contribution in [1.29, 1.82) is 0 Å². The molecule has 1 aromatic heterocycles. The minimum Gasteiger partial charge on any atom is -0.379 e. The van der Waals surface area contributed by atoms with E-state index in [1.165, 1.54) is 11.3 Å². The topological polar surface area (TPSA) is 79.4 Å². The van der Waals surface area contributed by atoms with Gasteiger partial charge in [0.05, 0.1) is 13.2 Å². The Morgan fingerprint density at radius 2 is 2.19 bits per heavy atom. The molecule has 2 N–H and O–H groups in total. The Morgan fingerprint density at radius 3 is 2.90 bits per heavy atom. The smallest absolute Gasteiger partial charge is 0.321 e. The van der Waals surface area contributed by atoms with E-state index < -0.39 is 0 Å². The molecule has 7 nitrogen and oxygen atoms in total. The molecule has 8 heteroatoms. The number of urea groups is 1. The lowest BCUT2D eigenvalue weighted by Crippen LogP contribution is -2.47. The molecule has 2 rings (SSSR count). The molecule has 118 valence electrons. The average molecular weight is 313 g/mol. The first kappa shape index (κ1) is 16.1. The van der Waals surface area contributed by atoms with E-state index in [0.29, 0.717) is 17.7 Å². The highest BCUT2D eigenvalue weighted by atomic mass is 32.1. The number of aryl methyl sites for hydroxylation is 1. The van der Waals surface area contributed by atoms with E-state index >= 15 is 0 Å². The summed E-state index contributed by atoms with van der Waals surface area (Å²) in [5, 5.41) is 15.1. The summed E-state index contributed by atoms with van der Waals surface area (Å²) in [5.74, 6) is 0. The summed E-state index contributed by atoms with van der Waals surface area (Å²) in [6, 6.07) is 0.0685. The number of hydrogen-bond donors (Lipinski definition) is 2. The molecule has 2 amide bonds. The molecule has 0 radical (unpaired) electrons. The van der Waals surface area contributed by atoms with E-state index in [9.17, 15) is 4.79 Å². The summed E-state index contributed by atoms with van der Waals surface area (Å²) in [4.78, 5) is 14.2. The molecule has 0 aromatic carbocycles. The number of morpholine rings is 1. The molecule has 0 spiro atoms. The van der Waals surface area contributed by atoms with Gasteiger partial charge < -0.3 is 10.1 Å². The van der Waals surface area contributed by atoms with Gasteiger partial charge in [-0.05, 0) is 13.3 Å². The first-order chi connectivity index (χ1) is 10.2. The first-order valence-corrected chi connectivity index (χ1v) is 8.19. The molecular weight excluding hydrogens is 290 g/mol. The van der Waals surface area contributed by atoms with Gasteiger partial charge in [-0.15, -0.1) is 10.2 Å². The molecule has 1 fully saturated rings. The SMILES string of the molecule is CCCc1nnc(NC(=O)NCC(C)N2CCOCC2)s1. The monoisotopic (exact) mass is 313 g/mol. The number of nitrogens with zero attached hydrogens (tertiary/aromatic N) is 3. The molecule has 0 aliphatic carbocycles. The Kier molecular flexibility index (Phi) is 6.34. The van der Waals surface area contributed by atoms with E-state index in [1.807, 2.05) is 0 Å². The van der Waals surface area contributed by atoms with Gasteiger partial charge in [0.1, 0.15) is 5.01 Å². The number of aromatic nitrogens is 2. The molecule has 0 saturated carbocycles. The summed E-state index contributed by atoms with van der Waals surface area (Å²) in [5.41, 5.74) is 0. The quantitative estimate of drug-likeness (QED) is 0.828. The average Bonchev–Trinajstić information content (AvgIpc) is 2.93. The van der Waals surface area contributed by atoms with Crippen LogP contribution in [0.25, 0.3) is 0 Å². The number of nitrogens with one attached hydrogen (secondary N) is 2. The van der Waals surface area contributed by atoms with Crippen LogP contribution in [0.4, 0.5) is 9.93 Å². The van der Waals surface area contributed by atoms with Gasteiger partial charge in [0, 0.05) is 32.1 Å². The fourth-order valence-corrected chi connectivity index (χ4v) is 2.98. The van der Waals surface area contributed by atoms with Gasteiger partial charge in [0.25, 0.3) is 0 Å². The van der Waals surface area contributed by atoms with E-state index in [-0.39, 0.29) is 6.03 Å². The maximum absolute atomic E-state index is 11.8. The first-order valence-electron chi connectivity index (χ1n) is 7.38. The molecular formula is C13H23N5O2S. The van der Waals surface area contributed by atoms with E-state index in [0.717, 1.165) is 44.2 Å². The molecule has 2 heterocycles. The Morgan fingerprint density at radius 1 is 1.43 bits per heavy atom. The lowest BCUT2D eigenvalue weighted by Gasteiger charge is -2.32. The van der Waals surface area contributed by atoms with Crippen LogP contribution >= 0.6 is 11.3 Å². The summed E-state index contributed by atoms with van der Waals surface area (Å²) in [6.45, 7) is 8.17. The second kappa shape index (κ2) is 8.26. The molecule has 1 aliphatic rings. The van der Waals surface area contributed by atoms with Crippen LogP contribution < -0.4 is 10.6 Å². The summed E-state index contributed by atoms with van der Waals surface area (Å²) in [7, 11) is 0. The van der Waals surface area contributed by atoms with Gasteiger partial charge in [-0.3, -0.25) is 10.2 Å². The molecule has 1 aromatic rings. The number of ether oxygens (including phenoxy) is 1. The van der Waals surface area contributed by atoms with E-state index in [2.05, 4.69) is 39.6 Å². The number of hydrogen-bond acceptors (Lipinski definition) is 6. The molecule has 1 saturated heterocycles. The van der Waals surface area contributed by atoms with Crippen LogP contribution in [0, 0.1) is 0 Å². The highest BCUT2D eigenvalue weighted by molar-refractivity contribution is 7.15.